The van der Waals surface area contributed by atoms with E-state index in [0.717, 1.165) is 29.3 Å². The van der Waals surface area contributed by atoms with Crippen LogP contribution in [0, 0.1) is 11.7 Å². The SMILES string of the molecule is CC(C(=O)NC(F)C(F)(F)C(F)F)C(=O)N[C@@H]1C(=O)N(C)c2cc(F)ccc2O[C@@H]1C. The van der Waals surface area contributed by atoms with Crippen LogP contribution < -0.4 is 20.3 Å². The van der Waals surface area contributed by atoms with E-state index in [1.54, 1.807) is 0 Å². The van der Waals surface area contributed by atoms with Crippen LogP contribution in [-0.2, 0) is 14.4 Å². The summed E-state index contributed by atoms with van der Waals surface area (Å²) in [4.78, 5) is 37.9. The van der Waals surface area contributed by atoms with Crippen LogP contribution in [0.1, 0.15) is 13.8 Å². The number of likely N-dealkylation sites (N-methyl/N-ethyl adjacent to an activating group) is 1. The second kappa shape index (κ2) is 9.02. The summed E-state index contributed by atoms with van der Waals surface area (Å²) in [6.07, 6.45) is -9.11. The fourth-order valence-corrected chi connectivity index (χ4v) is 2.68. The van der Waals surface area contributed by atoms with Crippen LogP contribution in [0.5, 0.6) is 5.75 Å². The van der Waals surface area contributed by atoms with Crippen molar-refractivity contribution in [3.63, 3.8) is 0 Å². The lowest BCUT2D eigenvalue weighted by molar-refractivity contribution is -0.181. The van der Waals surface area contributed by atoms with Crippen molar-refractivity contribution in [2.45, 2.75) is 44.6 Å². The minimum Gasteiger partial charge on any atom is -0.486 e. The number of hydrogen-bond acceptors (Lipinski definition) is 4. The molecule has 1 aliphatic rings. The molecule has 2 N–H and O–H groups in total. The Labute approximate surface area is 172 Å². The van der Waals surface area contributed by atoms with Crippen molar-refractivity contribution in [3.8, 4) is 5.75 Å². The van der Waals surface area contributed by atoms with E-state index < -0.39 is 60.2 Å². The Hall–Kier alpha value is -2.99. The molecule has 0 bridgehead atoms. The number of carbonyl (C=O) groups excluding carboxylic acids is 3. The maximum atomic E-state index is 13.5. The van der Waals surface area contributed by atoms with Crippen molar-refractivity contribution in [1.29, 1.82) is 0 Å². The summed E-state index contributed by atoms with van der Waals surface area (Å²) in [5.74, 6) is -11.0. The zero-order valence-electron chi connectivity index (χ0n) is 16.5. The first kappa shape index (κ1) is 24.3. The Morgan fingerprint density at radius 1 is 1.19 bits per heavy atom. The van der Waals surface area contributed by atoms with Gasteiger partial charge in [0.15, 0.2) is 0 Å². The summed E-state index contributed by atoms with van der Waals surface area (Å²) in [5, 5.41) is 3.20. The van der Waals surface area contributed by atoms with Crippen LogP contribution in [0.2, 0.25) is 0 Å². The van der Waals surface area contributed by atoms with Gasteiger partial charge in [0.05, 0.1) is 5.69 Å². The molecule has 1 heterocycles. The molecule has 0 saturated heterocycles. The molecule has 13 heteroatoms. The number of amides is 3. The zero-order valence-corrected chi connectivity index (χ0v) is 16.5. The van der Waals surface area contributed by atoms with Crippen molar-refractivity contribution < 1.29 is 45.5 Å². The average molecular weight is 455 g/mol. The average Bonchev–Trinajstić information content (AvgIpc) is 2.78. The Morgan fingerprint density at radius 2 is 1.81 bits per heavy atom. The van der Waals surface area contributed by atoms with E-state index in [0.29, 0.717) is 0 Å². The third-order valence-corrected chi connectivity index (χ3v) is 4.64. The number of anilines is 1. The van der Waals surface area contributed by atoms with Gasteiger partial charge < -0.3 is 20.3 Å². The highest BCUT2D eigenvalue weighted by atomic mass is 19.3. The van der Waals surface area contributed by atoms with Crippen molar-refractivity contribution >= 4 is 23.4 Å². The fraction of sp³-hybridized carbons (Fsp3) is 0.500. The van der Waals surface area contributed by atoms with Crippen molar-refractivity contribution in [1.82, 2.24) is 10.6 Å². The van der Waals surface area contributed by atoms with Gasteiger partial charge in [-0.15, -0.1) is 0 Å². The van der Waals surface area contributed by atoms with Crippen LogP contribution >= 0.6 is 0 Å². The summed E-state index contributed by atoms with van der Waals surface area (Å²) >= 11 is 0. The maximum absolute atomic E-state index is 13.5. The molecular formula is C18H19F6N3O4. The molecule has 2 unspecified atom stereocenters. The van der Waals surface area contributed by atoms with E-state index >= 15 is 0 Å². The smallest absolute Gasteiger partial charge is 0.355 e. The Morgan fingerprint density at radius 3 is 2.39 bits per heavy atom. The van der Waals surface area contributed by atoms with E-state index in [9.17, 15) is 40.7 Å². The summed E-state index contributed by atoms with van der Waals surface area (Å²) in [6, 6.07) is 2.02. The molecule has 1 aromatic rings. The van der Waals surface area contributed by atoms with Crippen LogP contribution in [0.4, 0.5) is 32.0 Å². The van der Waals surface area contributed by atoms with E-state index in [4.69, 9.17) is 4.74 Å². The number of rotatable bonds is 6. The van der Waals surface area contributed by atoms with Gasteiger partial charge in [-0.25, -0.2) is 17.6 Å². The number of fused-ring (bicyclic) bond motifs is 1. The second-order valence-corrected chi connectivity index (χ2v) is 6.89. The minimum absolute atomic E-state index is 0.0777. The van der Waals surface area contributed by atoms with Gasteiger partial charge in [-0.3, -0.25) is 14.4 Å². The highest BCUT2D eigenvalue weighted by Gasteiger charge is 2.51. The molecule has 0 fully saturated rings. The molecule has 3 amide bonds. The quantitative estimate of drug-likeness (QED) is 0.390. The highest BCUT2D eigenvalue weighted by molar-refractivity contribution is 6.04. The highest BCUT2D eigenvalue weighted by Crippen LogP contribution is 2.33. The van der Waals surface area contributed by atoms with Crippen LogP contribution in [0.25, 0.3) is 0 Å². The first-order chi connectivity index (χ1) is 14.3. The molecule has 1 aromatic carbocycles. The number of halogens is 6. The number of ether oxygens (including phenoxy) is 1. The predicted molar refractivity (Wildman–Crippen MR) is 95.0 cm³/mol. The Balaban J connectivity index is 2.12. The molecule has 0 aromatic heterocycles. The maximum Gasteiger partial charge on any atom is 0.355 e. The number of alkyl halides is 5. The van der Waals surface area contributed by atoms with Gasteiger partial charge in [-0.2, -0.15) is 8.78 Å². The molecule has 1 aliphatic heterocycles. The van der Waals surface area contributed by atoms with Crippen molar-refractivity contribution in [3.05, 3.63) is 24.0 Å². The van der Waals surface area contributed by atoms with E-state index in [1.165, 1.54) is 20.0 Å². The second-order valence-electron chi connectivity index (χ2n) is 6.89. The summed E-state index contributed by atoms with van der Waals surface area (Å²) < 4.78 is 82.7. The van der Waals surface area contributed by atoms with Crippen LogP contribution in [0.3, 0.4) is 0 Å². The number of hydrogen-bond donors (Lipinski definition) is 2. The normalized spacial score (nSPS) is 21.0. The lowest BCUT2D eigenvalue weighted by Gasteiger charge is -2.26. The van der Waals surface area contributed by atoms with Gasteiger partial charge in [0.2, 0.25) is 18.1 Å². The Kier molecular flexibility index (Phi) is 7.06. The third-order valence-electron chi connectivity index (χ3n) is 4.64. The van der Waals surface area contributed by atoms with Gasteiger partial charge in [0, 0.05) is 13.1 Å². The number of nitrogens with one attached hydrogen (secondary N) is 2. The molecule has 0 radical (unpaired) electrons. The molecule has 0 spiro atoms. The zero-order chi connectivity index (χ0) is 23.7. The molecule has 2 rings (SSSR count). The minimum atomic E-state index is -5.16. The lowest BCUT2D eigenvalue weighted by Crippen LogP contribution is -2.56. The summed E-state index contributed by atoms with van der Waals surface area (Å²) in [6.45, 7) is 2.30. The molecule has 172 valence electrons. The van der Waals surface area contributed by atoms with Gasteiger partial charge in [0.25, 0.3) is 5.91 Å². The van der Waals surface area contributed by atoms with Crippen LogP contribution in [-0.4, -0.2) is 55.6 Å². The summed E-state index contributed by atoms with van der Waals surface area (Å²) in [7, 11) is 1.29. The monoisotopic (exact) mass is 455 g/mol. The molecular weight excluding hydrogens is 436 g/mol. The van der Waals surface area contributed by atoms with E-state index in [2.05, 4.69) is 5.32 Å². The van der Waals surface area contributed by atoms with Crippen molar-refractivity contribution in [2.24, 2.45) is 5.92 Å². The topological polar surface area (TPSA) is 87.7 Å². The Bertz CT molecular complexity index is 869. The molecule has 0 saturated carbocycles. The first-order valence-corrected chi connectivity index (χ1v) is 8.92. The van der Waals surface area contributed by atoms with Gasteiger partial charge in [0.1, 0.15) is 29.6 Å². The standard InChI is InChI=1S/C18H19F6N3O4/c1-7(14(29)26-17(22)18(23,24)16(20)21)13(28)25-12-8(2)31-11-5-4-9(19)6-10(11)27(3)15(12)30/h4-8,12,16-17H,1-3H3,(H,25,28)(H,26,29)/t7?,8-,12+,17?/m1/s1. The fourth-order valence-electron chi connectivity index (χ4n) is 2.68. The first-order valence-electron chi connectivity index (χ1n) is 8.92. The van der Waals surface area contributed by atoms with Gasteiger partial charge >= 0.3 is 12.3 Å². The molecule has 0 aliphatic carbocycles. The largest absolute Gasteiger partial charge is 0.486 e. The van der Waals surface area contributed by atoms with Gasteiger partial charge in [-0.05, 0) is 26.0 Å². The molecule has 7 nitrogen and oxygen atoms in total. The summed E-state index contributed by atoms with van der Waals surface area (Å²) in [5.41, 5.74) is 0.0777. The number of carbonyl (C=O) groups is 3. The van der Waals surface area contributed by atoms with Gasteiger partial charge in [-0.1, -0.05) is 0 Å². The van der Waals surface area contributed by atoms with Crippen LogP contribution in [0.15, 0.2) is 18.2 Å². The predicted octanol–water partition coefficient (Wildman–Crippen LogP) is 2.00. The number of benzene rings is 1. The molecule has 31 heavy (non-hydrogen) atoms. The lowest BCUT2D eigenvalue weighted by atomic mass is 10.1. The van der Waals surface area contributed by atoms with E-state index in [1.807, 2.05) is 0 Å². The van der Waals surface area contributed by atoms with Crippen molar-refractivity contribution in [2.75, 3.05) is 11.9 Å². The number of nitrogens with zero attached hydrogens (tertiary/aromatic N) is 1. The molecule has 4 atom stereocenters. The third kappa shape index (κ3) is 5.02. The van der Waals surface area contributed by atoms with E-state index in [-0.39, 0.29) is 11.4 Å².